The standard InChI is InChI=1S/C20H22N2OS2/c1-14(10-11-16-7-4-3-5-8-16)21-19(23)13-18-20(22-15(2)25-18)17-9-6-12-24-17/h3-9,12,14H,10-11,13H2,1-2H3,(H,21,23)/t14-/m0/s1. The Morgan fingerprint density at radius 1 is 1.20 bits per heavy atom. The quantitative estimate of drug-likeness (QED) is 0.645. The topological polar surface area (TPSA) is 42.0 Å². The van der Waals surface area contributed by atoms with Gasteiger partial charge in [-0.3, -0.25) is 4.79 Å². The van der Waals surface area contributed by atoms with Crippen LogP contribution in [0.3, 0.4) is 0 Å². The third kappa shape index (κ3) is 5.00. The molecule has 1 atom stereocenters. The SMILES string of the molecule is Cc1nc(-c2cccs2)c(CC(=O)N[C@@H](C)CCc2ccccc2)s1. The van der Waals surface area contributed by atoms with Crippen LogP contribution in [0, 0.1) is 6.92 Å². The normalized spacial score (nSPS) is 12.1. The van der Waals surface area contributed by atoms with Crippen molar-refractivity contribution >= 4 is 28.6 Å². The Morgan fingerprint density at radius 2 is 2.00 bits per heavy atom. The molecule has 2 aromatic heterocycles. The van der Waals surface area contributed by atoms with E-state index < -0.39 is 0 Å². The maximum absolute atomic E-state index is 12.4. The van der Waals surface area contributed by atoms with Gasteiger partial charge in [-0.15, -0.1) is 22.7 Å². The number of benzene rings is 1. The van der Waals surface area contributed by atoms with E-state index in [-0.39, 0.29) is 11.9 Å². The number of nitrogens with one attached hydrogen (secondary N) is 1. The largest absolute Gasteiger partial charge is 0.353 e. The van der Waals surface area contributed by atoms with E-state index in [0.29, 0.717) is 6.42 Å². The monoisotopic (exact) mass is 370 g/mol. The van der Waals surface area contributed by atoms with E-state index in [0.717, 1.165) is 33.3 Å². The number of nitrogens with zero attached hydrogens (tertiary/aromatic N) is 1. The predicted molar refractivity (Wildman–Crippen MR) is 106 cm³/mol. The zero-order chi connectivity index (χ0) is 17.6. The molecule has 1 N–H and O–H groups in total. The van der Waals surface area contributed by atoms with E-state index in [2.05, 4.69) is 47.6 Å². The second kappa shape index (κ2) is 8.41. The highest BCUT2D eigenvalue weighted by molar-refractivity contribution is 7.15. The smallest absolute Gasteiger partial charge is 0.225 e. The molecule has 0 aliphatic carbocycles. The molecule has 3 rings (SSSR count). The number of rotatable bonds is 7. The van der Waals surface area contributed by atoms with Gasteiger partial charge in [-0.05, 0) is 43.7 Å². The summed E-state index contributed by atoms with van der Waals surface area (Å²) in [6.45, 7) is 4.06. The third-order valence-corrected chi connectivity index (χ3v) is 5.84. The Balaban J connectivity index is 1.56. The first-order valence-corrected chi connectivity index (χ1v) is 10.1. The minimum atomic E-state index is 0.0713. The number of aromatic nitrogens is 1. The second-order valence-corrected chi connectivity index (χ2v) is 8.39. The van der Waals surface area contributed by atoms with Gasteiger partial charge in [0.25, 0.3) is 0 Å². The minimum Gasteiger partial charge on any atom is -0.353 e. The van der Waals surface area contributed by atoms with Gasteiger partial charge in [-0.25, -0.2) is 4.98 Å². The van der Waals surface area contributed by atoms with Crippen molar-refractivity contribution < 1.29 is 4.79 Å². The number of thiophene rings is 1. The van der Waals surface area contributed by atoms with Gasteiger partial charge in [0.1, 0.15) is 0 Å². The molecule has 1 aromatic carbocycles. The molecule has 1 amide bonds. The maximum atomic E-state index is 12.4. The number of hydrogen-bond acceptors (Lipinski definition) is 4. The second-order valence-electron chi connectivity index (χ2n) is 6.15. The summed E-state index contributed by atoms with van der Waals surface area (Å²) < 4.78 is 0. The molecule has 0 radical (unpaired) electrons. The minimum absolute atomic E-state index is 0.0713. The molecule has 0 saturated heterocycles. The summed E-state index contributed by atoms with van der Waals surface area (Å²) in [5.41, 5.74) is 2.27. The van der Waals surface area contributed by atoms with Crippen LogP contribution in [0.5, 0.6) is 0 Å². The molecule has 0 spiro atoms. The van der Waals surface area contributed by atoms with E-state index in [1.807, 2.05) is 24.4 Å². The number of aryl methyl sites for hydroxylation is 2. The van der Waals surface area contributed by atoms with Crippen LogP contribution in [0.2, 0.25) is 0 Å². The van der Waals surface area contributed by atoms with Crippen molar-refractivity contribution in [1.29, 1.82) is 0 Å². The molecule has 0 fully saturated rings. The van der Waals surface area contributed by atoms with Gasteiger partial charge in [0, 0.05) is 10.9 Å². The molecule has 5 heteroatoms. The van der Waals surface area contributed by atoms with Crippen LogP contribution in [-0.4, -0.2) is 16.9 Å². The van der Waals surface area contributed by atoms with Crippen LogP contribution in [0.1, 0.15) is 28.8 Å². The molecule has 2 heterocycles. The van der Waals surface area contributed by atoms with Gasteiger partial charge in [0.05, 0.1) is 22.0 Å². The lowest BCUT2D eigenvalue weighted by molar-refractivity contribution is -0.121. The summed E-state index contributed by atoms with van der Waals surface area (Å²) in [7, 11) is 0. The molecule has 130 valence electrons. The van der Waals surface area contributed by atoms with Crippen molar-refractivity contribution in [3.63, 3.8) is 0 Å². The number of hydrogen-bond donors (Lipinski definition) is 1. The highest BCUT2D eigenvalue weighted by atomic mass is 32.1. The lowest BCUT2D eigenvalue weighted by Crippen LogP contribution is -2.33. The summed E-state index contributed by atoms with van der Waals surface area (Å²) in [4.78, 5) is 19.2. The van der Waals surface area contributed by atoms with Crippen molar-refractivity contribution in [3.05, 3.63) is 63.3 Å². The Morgan fingerprint density at radius 3 is 2.72 bits per heavy atom. The van der Waals surface area contributed by atoms with Crippen molar-refractivity contribution in [1.82, 2.24) is 10.3 Å². The molecular weight excluding hydrogens is 348 g/mol. The van der Waals surface area contributed by atoms with Crippen molar-refractivity contribution in [2.45, 2.75) is 39.2 Å². The number of amides is 1. The average molecular weight is 371 g/mol. The van der Waals surface area contributed by atoms with Crippen molar-refractivity contribution in [3.8, 4) is 10.6 Å². The van der Waals surface area contributed by atoms with Crippen LogP contribution in [0.15, 0.2) is 47.8 Å². The van der Waals surface area contributed by atoms with E-state index in [1.165, 1.54) is 5.56 Å². The average Bonchev–Trinajstić information content (AvgIpc) is 3.23. The highest BCUT2D eigenvalue weighted by Crippen LogP contribution is 2.31. The van der Waals surface area contributed by atoms with Gasteiger partial charge in [-0.2, -0.15) is 0 Å². The molecule has 0 aliphatic heterocycles. The fraction of sp³-hybridized carbons (Fsp3) is 0.300. The molecule has 25 heavy (non-hydrogen) atoms. The zero-order valence-electron chi connectivity index (χ0n) is 14.5. The molecule has 0 bridgehead atoms. The lowest BCUT2D eigenvalue weighted by atomic mass is 10.1. The van der Waals surface area contributed by atoms with E-state index in [9.17, 15) is 4.79 Å². The lowest BCUT2D eigenvalue weighted by Gasteiger charge is -2.13. The summed E-state index contributed by atoms with van der Waals surface area (Å²) in [6.07, 6.45) is 2.31. The first kappa shape index (κ1) is 17.8. The number of carbonyl (C=O) groups excluding carboxylic acids is 1. The van der Waals surface area contributed by atoms with E-state index >= 15 is 0 Å². The fourth-order valence-electron chi connectivity index (χ4n) is 2.77. The van der Waals surface area contributed by atoms with Gasteiger partial charge in [0.15, 0.2) is 0 Å². The van der Waals surface area contributed by atoms with Gasteiger partial charge >= 0.3 is 0 Å². The summed E-state index contributed by atoms with van der Waals surface area (Å²) >= 11 is 3.28. The third-order valence-electron chi connectivity index (χ3n) is 4.00. The zero-order valence-corrected chi connectivity index (χ0v) is 16.1. The van der Waals surface area contributed by atoms with Crippen molar-refractivity contribution in [2.75, 3.05) is 0 Å². The maximum Gasteiger partial charge on any atom is 0.225 e. The first-order chi connectivity index (χ1) is 12.1. The van der Waals surface area contributed by atoms with Crippen LogP contribution in [0.4, 0.5) is 0 Å². The van der Waals surface area contributed by atoms with E-state index in [1.54, 1.807) is 22.7 Å². The Labute approximate surface area is 156 Å². The molecule has 3 nitrogen and oxygen atoms in total. The Hall–Kier alpha value is -1.98. The van der Waals surface area contributed by atoms with Crippen LogP contribution >= 0.6 is 22.7 Å². The van der Waals surface area contributed by atoms with Gasteiger partial charge in [-0.1, -0.05) is 36.4 Å². The predicted octanol–water partition coefficient (Wildman–Crippen LogP) is 4.86. The Bertz CT molecular complexity index is 810. The fourth-order valence-corrected chi connectivity index (χ4v) is 4.52. The van der Waals surface area contributed by atoms with Gasteiger partial charge < -0.3 is 5.32 Å². The first-order valence-electron chi connectivity index (χ1n) is 8.45. The number of thiazole rings is 1. The molecule has 0 unspecified atom stereocenters. The summed E-state index contributed by atoms with van der Waals surface area (Å²) in [6, 6.07) is 14.6. The van der Waals surface area contributed by atoms with Crippen LogP contribution in [0.25, 0.3) is 10.6 Å². The van der Waals surface area contributed by atoms with E-state index in [4.69, 9.17) is 0 Å². The number of carbonyl (C=O) groups is 1. The Kier molecular flexibility index (Phi) is 6.00. The van der Waals surface area contributed by atoms with Crippen LogP contribution in [-0.2, 0) is 17.6 Å². The summed E-state index contributed by atoms with van der Waals surface area (Å²) in [5.74, 6) is 0.0713. The van der Waals surface area contributed by atoms with Crippen LogP contribution < -0.4 is 5.32 Å². The summed E-state index contributed by atoms with van der Waals surface area (Å²) in [5, 5.41) is 6.17. The molecule has 0 aliphatic rings. The highest BCUT2D eigenvalue weighted by Gasteiger charge is 2.16. The molecular formula is C20H22N2OS2. The van der Waals surface area contributed by atoms with Gasteiger partial charge in [0.2, 0.25) is 5.91 Å². The molecule has 3 aromatic rings. The molecule has 0 saturated carbocycles. The van der Waals surface area contributed by atoms with Crippen molar-refractivity contribution in [2.24, 2.45) is 0 Å².